The highest BCUT2D eigenvalue weighted by atomic mass is 19.1. The minimum absolute atomic E-state index is 0.0229. The van der Waals surface area contributed by atoms with Gasteiger partial charge in [-0.3, -0.25) is 9.69 Å². The first-order valence-electron chi connectivity index (χ1n) is 10.9. The monoisotopic (exact) mass is 454 g/mol. The van der Waals surface area contributed by atoms with Gasteiger partial charge in [0, 0.05) is 30.7 Å². The Hall–Kier alpha value is -3.62. The molecular formula is C24H27FN4O4. The number of hydrogen-bond acceptors (Lipinski definition) is 5. The van der Waals surface area contributed by atoms with Crippen LogP contribution in [0.25, 0.3) is 11.0 Å². The summed E-state index contributed by atoms with van der Waals surface area (Å²) in [5.74, 6) is -0.514. The molecule has 3 aromatic rings. The summed E-state index contributed by atoms with van der Waals surface area (Å²) in [5.41, 5.74) is 0.259. The van der Waals surface area contributed by atoms with Gasteiger partial charge in [0.15, 0.2) is 11.6 Å². The lowest BCUT2D eigenvalue weighted by Gasteiger charge is -2.35. The van der Waals surface area contributed by atoms with Gasteiger partial charge in [0.05, 0.1) is 5.39 Å². The molecule has 4 rings (SSSR count). The lowest BCUT2D eigenvalue weighted by atomic mass is 10.0. The van der Waals surface area contributed by atoms with Crippen molar-refractivity contribution < 1.29 is 23.5 Å². The van der Waals surface area contributed by atoms with Gasteiger partial charge in [-0.25, -0.2) is 14.2 Å². The van der Waals surface area contributed by atoms with Crippen LogP contribution in [0, 0.1) is 5.82 Å². The van der Waals surface area contributed by atoms with Gasteiger partial charge in [-0.1, -0.05) is 0 Å². The van der Waals surface area contributed by atoms with Crippen LogP contribution in [0.15, 0.2) is 42.7 Å². The maximum Gasteiger partial charge on any atom is 0.410 e. The number of ether oxygens (including phenoxy) is 2. The largest absolute Gasteiger partial charge is 0.453 e. The van der Waals surface area contributed by atoms with Gasteiger partial charge in [0.25, 0.3) is 0 Å². The molecule has 1 fully saturated rings. The molecule has 8 nitrogen and oxygen atoms in total. The summed E-state index contributed by atoms with van der Waals surface area (Å²) in [6, 6.07) is 6.99. The van der Waals surface area contributed by atoms with Crippen LogP contribution in [0.4, 0.5) is 14.9 Å². The summed E-state index contributed by atoms with van der Waals surface area (Å²) in [7, 11) is 0. The van der Waals surface area contributed by atoms with Crippen LogP contribution in [0.2, 0.25) is 0 Å². The van der Waals surface area contributed by atoms with E-state index in [1.807, 2.05) is 0 Å². The molecule has 2 amide bonds. The molecule has 2 N–H and O–H groups in total. The number of benzene rings is 1. The van der Waals surface area contributed by atoms with Crippen LogP contribution in [0.5, 0.6) is 11.5 Å². The highest BCUT2D eigenvalue weighted by Crippen LogP contribution is 2.31. The average Bonchev–Trinajstić information content (AvgIpc) is 3.24. The van der Waals surface area contributed by atoms with E-state index in [0.29, 0.717) is 24.4 Å². The molecule has 3 heterocycles. The number of H-pyrrole nitrogens is 1. The number of likely N-dealkylation sites (tertiary alicyclic amines) is 1. The van der Waals surface area contributed by atoms with E-state index in [-0.39, 0.29) is 17.3 Å². The lowest BCUT2D eigenvalue weighted by Crippen LogP contribution is -2.51. The zero-order valence-electron chi connectivity index (χ0n) is 18.9. The van der Waals surface area contributed by atoms with Crippen molar-refractivity contribution in [3.8, 4) is 11.5 Å². The van der Waals surface area contributed by atoms with Crippen molar-refractivity contribution in [2.75, 3.05) is 11.9 Å². The molecule has 1 aliphatic heterocycles. The molecule has 1 atom stereocenters. The van der Waals surface area contributed by atoms with Crippen LogP contribution < -0.4 is 10.1 Å². The molecule has 0 saturated carbocycles. The second-order valence-corrected chi connectivity index (χ2v) is 8.97. The molecular weight excluding hydrogens is 427 g/mol. The second-order valence-electron chi connectivity index (χ2n) is 8.97. The summed E-state index contributed by atoms with van der Waals surface area (Å²) < 4.78 is 25.9. The van der Waals surface area contributed by atoms with Gasteiger partial charge in [-0.2, -0.15) is 0 Å². The Labute approximate surface area is 191 Å². The number of anilines is 1. The fourth-order valence-corrected chi connectivity index (χ4v) is 3.77. The number of piperidine rings is 1. The van der Waals surface area contributed by atoms with E-state index in [0.717, 1.165) is 18.2 Å². The zero-order chi connectivity index (χ0) is 23.6. The number of fused-ring (bicyclic) bond motifs is 1. The minimum Gasteiger partial charge on any atom is -0.453 e. The number of amides is 2. The maximum absolute atomic E-state index is 14.8. The van der Waals surface area contributed by atoms with Crippen molar-refractivity contribution in [2.24, 2.45) is 0 Å². The molecule has 0 bridgehead atoms. The van der Waals surface area contributed by atoms with Crippen LogP contribution in [-0.2, 0) is 9.53 Å². The minimum atomic E-state index is -0.675. The van der Waals surface area contributed by atoms with E-state index >= 15 is 0 Å². The number of aromatic nitrogens is 2. The van der Waals surface area contributed by atoms with Crippen molar-refractivity contribution in [3.05, 3.63) is 48.5 Å². The molecule has 1 saturated heterocycles. The average molecular weight is 455 g/mol. The second kappa shape index (κ2) is 9.09. The highest BCUT2D eigenvalue weighted by Gasteiger charge is 2.35. The van der Waals surface area contributed by atoms with Crippen molar-refractivity contribution in [1.29, 1.82) is 0 Å². The van der Waals surface area contributed by atoms with Gasteiger partial charge >= 0.3 is 6.09 Å². The van der Waals surface area contributed by atoms with Crippen molar-refractivity contribution >= 4 is 28.7 Å². The summed E-state index contributed by atoms with van der Waals surface area (Å²) in [6.07, 6.45) is 4.91. The van der Waals surface area contributed by atoms with E-state index in [1.54, 1.807) is 51.4 Å². The van der Waals surface area contributed by atoms with Crippen molar-refractivity contribution in [1.82, 2.24) is 14.9 Å². The first-order valence-corrected chi connectivity index (χ1v) is 10.9. The number of aromatic amines is 1. The first kappa shape index (κ1) is 22.6. The van der Waals surface area contributed by atoms with Gasteiger partial charge < -0.3 is 19.8 Å². The number of carbonyl (C=O) groups excluding carboxylic acids is 2. The summed E-state index contributed by atoms with van der Waals surface area (Å²) in [6.45, 7) is 5.78. The molecule has 33 heavy (non-hydrogen) atoms. The number of hydrogen-bond donors (Lipinski definition) is 2. The normalized spacial score (nSPS) is 16.5. The molecule has 1 aromatic carbocycles. The SMILES string of the molecule is CC(C)(C)OC(=O)N1CCCCC1C(=O)Nc1ccc(Oc2ccnc3[nH]ccc23)c(F)c1. The molecule has 1 aliphatic rings. The Balaban J connectivity index is 1.46. The quantitative estimate of drug-likeness (QED) is 0.563. The van der Waals surface area contributed by atoms with Gasteiger partial charge in [-0.05, 0) is 64.3 Å². The Kier molecular flexibility index (Phi) is 6.22. The summed E-state index contributed by atoms with van der Waals surface area (Å²) in [5, 5.41) is 3.45. The Morgan fingerprint density at radius 2 is 2.00 bits per heavy atom. The smallest absolute Gasteiger partial charge is 0.410 e. The van der Waals surface area contributed by atoms with Gasteiger partial charge in [-0.15, -0.1) is 0 Å². The lowest BCUT2D eigenvalue weighted by molar-refractivity contribution is -0.122. The van der Waals surface area contributed by atoms with Gasteiger partial charge in [0.2, 0.25) is 5.91 Å². The number of pyridine rings is 1. The molecule has 0 aliphatic carbocycles. The third kappa shape index (κ3) is 5.24. The van der Waals surface area contributed by atoms with Crippen LogP contribution in [0.3, 0.4) is 0 Å². The number of carbonyl (C=O) groups is 2. The summed E-state index contributed by atoms with van der Waals surface area (Å²) in [4.78, 5) is 34.1. The molecule has 174 valence electrons. The Morgan fingerprint density at radius 3 is 2.76 bits per heavy atom. The molecule has 9 heteroatoms. The fraction of sp³-hybridized carbons (Fsp3) is 0.375. The maximum atomic E-state index is 14.8. The standard InChI is InChI=1S/C24H27FN4O4/c1-24(2,3)33-23(31)29-13-5-4-6-18(29)22(30)28-15-7-8-20(17(25)14-15)32-19-10-12-27-21-16(19)9-11-26-21/h7-12,14,18H,4-6,13H2,1-3H3,(H,26,27)(H,28,30). The van der Waals surface area contributed by atoms with Crippen LogP contribution in [-0.4, -0.2) is 45.1 Å². The van der Waals surface area contributed by atoms with Crippen molar-refractivity contribution in [2.45, 2.75) is 51.7 Å². The molecule has 2 aromatic heterocycles. The third-order valence-corrected chi connectivity index (χ3v) is 5.27. The number of rotatable bonds is 4. The third-order valence-electron chi connectivity index (χ3n) is 5.27. The Morgan fingerprint density at radius 1 is 1.18 bits per heavy atom. The fourth-order valence-electron chi connectivity index (χ4n) is 3.77. The summed E-state index contributed by atoms with van der Waals surface area (Å²) >= 11 is 0. The van der Waals surface area contributed by atoms with E-state index in [1.165, 1.54) is 17.0 Å². The van der Waals surface area contributed by atoms with E-state index in [9.17, 15) is 14.0 Å². The predicted octanol–water partition coefficient (Wildman–Crippen LogP) is 5.22. The van der Waals surface area contributed by atoms with Crippen LogP contribution in [0.1, 0.15) is 40.0 Å². The first-order chi connectivity index (χ1) is 15.7. The molecule has 0 spiro atoms. The van der Waals surface area contributed by atoms with Crippen molar-refractivity contribution in [3.63, 3.8) is 0 Å². The topological polar surface area (TPSA) is 96.6 Å². The van der Waals surface area contributed by atoms with Gasteiger partial charge in [0.1, 0.15) is 23.0 Å². The number of nitrogens with zero attached hydrogens (tertiary/aromatic N) is 2. The van der Waals surface area contributed by atoms with E-state index in [2.05, 4.69) is 15.3 Å². The zero-order valence-corrected chi connectivity index (χ0v) is 18.9. The van der Waals surface area contributed by atoms with Crippen LogP contribution >= 0.6 is 0 Å². The van der Waals surface area contributed by atoms with E-state index < -0.39 is 23.6 Å². The molecule has 1 unspecified atom stereocenters. The number of nitrogens with one attached hydrogen (secondary N) is 2. The Bertz CT molecular complexity index is 1170. The molecule has 0 radical (unpaired) electrons. The highest BCUT2D eigenvalue weighted by molar-refractivity contribution is 5.96. The van der Waals surface area contributed by atoms with E-state index in [4.69, 9.17) is 9.47 Å². The number of halogens is 1. The predicted molar refractivity (Wildman–Crippen MR) is 122 cm³/mol.